The van der Waals surface area contributed by atoms with E-state index in [-0.39, 0.29) is 0 Å². The fraction of sp³-hybridized carbons (Fsp3) is 0.600. The largest absolute Gasteiger partial charge is 0.398 e. The van der Waals surface area contributed by atoms with E-state index in [4.69, 9.17) is 5.73 Å². The van der Waals surface area contributed by atoms with E-state index in [1.165, 1.54) is 0 Å². The predicted octanol–water partition coefficient (Wildman–Crippen LogP) is 1.81. The molecule has 120 valence electrons. The molecular weight excluding hydrogens is 286 g/mol. The van der Waals surface area contributed by atoms with Gasteiger partial charge in [-0.25, -0.2) is 13.1 Å². The summed E-state index contributed by atoms with van der Waals surface area (Å²) in [5.41, 5.74) is 8.69. The Hall–Kier alpha value is -1.11. The van der Waals surface area contributed by atoms with E-state index in [1.54, 1.807) is 6.92 Å². The SMILES string of the molecule is CCN(CC)CCNS(=O)(=O)c1c(C)c(C)cc(N)c1C. The van der Waals surface area contributed by atoms with Crippen molar-refractivity contribution >= 4 is 15.7 Å². The Morgan fingerprint density at radius 1 is 1.14 bits per heavy atom. The summed E-state index contributed by atoms with van der Waals surface area (Å²) in [5, 5.41) is 0. The van der Waals surface area contributed by atoms with Crippen LogP contribution in [-0.4, -0.2) is 39.5 Å². The summed E-state index contributed by atoms with van der Waals surface area (Å²) in [6.07, 6.45) is 0. The quantitative estimate of drug-likeness (QED) is 0.753. The van der Waals surface area contributed by atoms with Gasteiger partial charge in [-0.3, -0.25) is 0 Å². The van der Waals surface area contributed by atoms with E-state index in [0.717, 1.165) is 24.2 Å². The van der Waals surface area contributed by atoms with Crippen molar-refractivity contribution < 1.29 is 8.42 Å². The number of rotatable bonds is 7. The van der Waals surface area contributed by atoms with Gasteiger partial charge in [0, 0.05) is 18.8 Å². The van der Waals surface area contributed by atoms with Crippen molar-refractivity contribution in [3.05, 3.63) is 22.8 Å². The molecule has 0 amide bonds. The zero-order valence-corrected chi connectivity index (χ0v) is 14.5. The number of nitrogens with one attached hydrogen (secondary N) is 1. The highest BCUT2D eigenvalue weighted by molar-refractivity contribution is 7.89. The van der Waals surface area contributed by atoms with Gasteiger partial charge in [0.2, 0.25) is 10.0 Å². The lowest BCUT2D eigenvalue weighted by Gasteiger charge is -2.19. The smallest absolute Gasteiger partial charge is 0.241 e. The van der Waals surface area contributed by atoms with Gasteiger partial charge >= 0.3 is 0 Å². The van der Waals surface area contributed by atoms with Crippen molar-refractivity contribution in [3.63, 3.8) is 0 Å². The number of nitrogen functional groups attached to an aromatic ring is 1. The van der Waals surface area contributed by atoms with Crippen molar-refractivity contribution in [2.75, 3.05) is 31.9 Å². The molecule has 0 fully saturated rings. The molecule has 0 saturated carbocycles. The normalized spacial score (nSPS) is 12.1. The topological polar surface area (TPSA) is 75.4 Å². The van der Waals surface area contributed by atoms with E-state index in [2.05, 4.69) is 23.5 Å². The highest BCUT2D eigenvalue weighted by Crippen LogP contribution is 2.27. The van der Waals surface area contributed by atoms with E-state index >= 15 is 0 Å². The van der Waals surface area contributed by atoms with Gasteiger partial charge in [-0.1, -0.05) is 13.8 Å². The number of nitrogens with two attached hydrogens (primary N) is 1. The summed E-state index contributed by atoms with van der Waals surface area (Å²) < 4.78 is 27.8. The maximum Gasteiger partial charge on any atom is 0.241 e. The third kappa shape index (κ3) is 4.18. The number of aryl methyl sites for hydroxylation is 1. The maximum atomic E-state index is 12.6. The number of hydrogen-bond acceptors (Lipinski definition) is 4. The molecule has 3 N–H and O–H groups in total. The summed E-state index contributed by atoms with van der Waals surface area (Å²) in [7, 11) is -3.54. The molecule has 0 spiro atoms. The average Bonchev–Trinajstić information content (AvgIpc) is 2.41. The molecule has 5 nitrogen and oxygen atoms in total. The van der Waals surface area contributed by atoms with E-state index in [1.807, 2.05) is 19.9 Å². The fourth-order valence-corrected chi connectivity index (χ4v) is 3.98. The number of sulfonamides is 1. The molecule has 0 aromatic heterocycles. The zero-order valence-electron chi connectivity index (χ0n) is 13.7. The van der Waals surface area contributed by atoms with Gasteiger partial charge in [0.05, 0.1) is 4.90 Å². The monoisotopic (exact) mass is 313 g/mol. The number of hydrogen-bond donors (Lipinski definition) is 2. The Morgan fingerprint density at radius 3 is 2.24 bits per heavy atom. The lowest BCUT2D eigenvalue weighted by molar-refractivity contribution is 0.309. The molecule has 1 aromatic carbocycles. The van der Waals surface area contributed by atoms with Crippen LogP contribution in [-0.2, 0) is 10.0 Å². The second-order valence-corrected chi connectivity index (χ2v) is 6.99. The number of likely N-dealkylation sites (N-methyl/N-ethyl adjacent to an activating group) is 1. The zero-order chi connectivity index (χ0) is 16.2. The molecule has 6 heteroatoms. The van der Waals surface area contributed by atoms with E-state index < -0.39 is 10.0 Å². The van der Waals surface area contributed by atoms with E-state index in [0.29, 0.717) is 29.2 Å². The second kappa shape index (κ2) is 7.24. The molecular formula is C15H27N3O2S. The number of anilines is 1. The van der Waals surface area contributed by atoms with Crippen LogP contribution in [0.1, 0.15) is 30.5 Å². The first-order valence-electron chi connectivity index (χ1n) is 7.32. The first-order chi connectivity index (χ1) is 9.74. The second-order valence-electron chi connectivity index (χ2n) is 5.29. The Morgan fingerprint density at radius 2 is 1.71 bits per heavy atom. The standard InChI is InChI=1S/C15H27N3O2S/c1-6-18(7-2)9-8-17-21(19,20)15-12(4)11(3)10-14(16)13(15)5/h10,17H,6-9,16H2,1-5H3. The highest BCUT2D eigenvalue weighted by atomic mass is 32.2. The van der Waals surface area contributed by atoms with Crippen molar-refractivity contribution in [2.45, 2.75) is 39.5 Å². The molecule has 0 unspecified atom stereocenters. The van der Waals surface area contributed by atoms with Gasteiger partial charge in [-0.05, 0) is 56.6 Å². The van der Waals surface area contributed by atoms with Gasteiger partial charge in [0.1, 0.15) is 0 Å². The lowest BCUT2D eigenvalue weighted by Crippen LogP contribution is -2.35. The third-order valence-corrected chi connectivity index (χ3v) is 5.69. The first-order valence-corrected chi connectivity index (χ1v) is 8.81. The molecule has 0 heterocycles. The van der Waals surface area contributed by atoms with Crippen LogP contribution in [0.15, 0.2) is 11.0 Å². The Balaban J connectivity index is 2.99. The van der Waals surface area contributed by atoms with Gasteiger partial charge in [-0.2, -0.15) is 0 Å². The number of nitrogens with zero attached hydrogens (tertiary/aromatic N) is 1. The van der Waals surface area contributed by atoms with Crippen molar-refractivity contribution in [3.8, 4) is 0 Å². The Labute approximate surface area is 128 Å². The first kappa shape index (κ1) is 17.9. The molecule has 0 aliphatic carbocycles. The summed E-state index contributed by atoms with van der Waals surface area (Å²) in [4.78, 5) is 2.49. The number of benzene rings is 1. The van der Waals surface area contributed by atoms with Crippen LogP contribution in [0, 0.1) is 20.8 Å². The molecule has 0 aliphatic heterocycles. The minimum Gasteiger partial charge on any atom is -0.398 e. The summed E-state index contributed by atoms with van der Waals surface area (Å²) in [5.74, 6) is 0. The fourth-order valence-electron chi connectivity index (χ4n) is 2.39. The molecule has 1 aromatic rings. The maximum absolute atomic E-state index is 12.6. The average molecular weight is 313 g/mol. The lowest BCUT2D eigenvalue weighted by atomic mass is 10.1. The van der Waals surface area contributed by atoms with Crippen molar-refractivity contribution in [2.24, 2.45) is 0 Å². The van der Waals surface area contributed by atoms with Crippen LogP contribution >= 0.6 is 0 Å². The Kier molecular flexibility index (Phi) is 6.19. The van der Waals surface area contributed by atoms with Crippen LogP contribution in [0.5, 0.6) is 0 Å². The van der Waals surface area contributed by atoms with Gasteiger partial charge < -0.3 is 10.6 Å². The highest BCUT2D eigenvalue weighted by Gasteiger charge is 2.22. The molecule has 0 saturated heterocycles. The van der Waals surface area contributed by atoms with Crippen LogP contribution in [0.4, 0.5) is 5.69 Å². The van der Waals surface area contributed by atoms with Gasteiger partial charge in [0.25, 0.3) is 0 Å². The van der Waals surface area contributed by atoms with Gasteiger partial charge in [-0.15, -0.1) is 0 Å². The summed E-state index contributed by atoms with van der Waals surface area (Å²) in [6.45, 7) is 12.5. The molecule has 0 aliphatic rings. The molecule has 0 atom stereocenters. The van der Waals surface area contributed by atoms with Crippen LogP contribution in [0.2, 0.25) is 0 Å². The van der Waals surface area contributed by atoms with Crippen molar-refractivity contribution in [1.29, 1.82) is 0 Å². The summed E-state index contributed by atoms with van der Waals surface area (Å²) in [6, 6.07) is 1.82. The molecule has 0 radical (unpaired) electrons. The minimum absolute atomic E-state index is 0.319. The minimum atomic E-state index is -3.54. The van der Waals surface area contributed by atoms with Gasteiger partial charge in [0.15, 0.2) is 0 Å². The van der Waals surface area contributed by atoms with Crippen molar-refractivity contribution in [1.82, 2.24) is 9.62 Å². The van der Waals surface area contributed by atoms with Crippen LogP contribution < -0.4 is 10.5 Å². The molecule has 1 rings (SSSR count). The summed E-state index contributed by atoms with van der Waals surface area (Å²) >= 11 is 0. The predicted molar refractivity (Wildman–Crippen MR) is 88.0 cm³/mol. The van der Waals surface area contributed by atoms with Crippen LogP contribution in [0.25, 0.3) is 0 Å². The Bertz CT molecular complexity index is 567. The molecule has 0 bridgehead atoms. The van der Waals surface area contributed by atoms with E-state index in [9.17, 15) is 8.42 Å². The third-order valence-electron chi connectivity index (χ3n) is 3.96. The molecule has 21 heavy (non-hydrogen) atoms. The van der Waals surface area contributed by atoms with Crippen LogP contribution in [0.3, 0.4) is 0 Å².